The summed E-state index contributed by atoms with van der Waals surface area (Å²) in [5.74, 6) is 0.614. The number of rotatable bonds is 8. The zero-order valence-electron chi connectivity index (χ0n) is 15.1. The number of carbonyl (C=O) groups excluding carboxylic acids is 1. The van der Waals surface area contributed by atoms with Gasteiger partial charge in [0.05, 0.1) is 18.7 Å². The summed E-state index contributed by atoms with van der Waals surface area (Å²) < 4.78 is 10.8. The number of halogens is 2. The first-order valence-electron chi connectivity index (χ1n) is 8.21. The highest BCUT2D eigenvalue weighted by Crippen LogP contribution is 2.36. The molecule has 2 rings (SSSR count). The van der Waals surface area contributed by atoms with E-state index >= 15 is 0 Å². The molecule has 1 amide bonds. The summed E-state index contributed by atoms with van der Waals surface area (Å²) in [6.07, 6.45) is 0. The molecule has 0 aliphatic carbocycles. The van der Waals surface area contributed by atoms with Crippen LogP contribution in [0.5, 0.6) is 11.5 Å². The van der Waals surface area contributed by atoms with E-state index < -0.39 is 0 Å². The van der Waals surface area contributed by atoms with E-state index in [9.17, 15) is 4.79 Å². The summed E-state index contributed by atoms with van der Waals surface area (Å²) in [7, 11) is 1.52. The lowest BCUT2D eigenvalue weighted by molar-refractivity contribution is 0.102. The standard InChI is InChI=1S/C19H23ClN2O3.ClH/c1-4-21-12-13-8-6-7-9-16(13)22-19(23)14-10-15(20)18(25-5-2)17(11-14)24-3;/h6-11,21H,4-5,12H2,1-3H3,(H,22,23);1H. The van der Waals surface area contributed by atoms with Crippen molar-refractivity contribution in [1.82, 2.24) is 5.32 Å². The summed E-state index contributed by atoms with van der Waals surface area (Å²) in [5, 5.41) is 6.53. The van der Waals surface area contributed by atoms with Crippen molar-refractivity contribution in [3.8, 4) is 11.5 Å². The van der Waals surface area contributed by atoms with Gasteiger partial charge in [0, 0.05) is 17.8 Å². The second-order valence-electron chi connectivity index (χ2n) is 5.31. The van der Waals surface area contributed by atoms with Crippen LogP contribution in [-0.2, 0) is 6.54 Å². The molecule has 142 valence electrons. The van der Waals surface area contributed by atoms with Crippen LogP contribution in [0.1, 0.15) is 29.8 Å². The first kappa shape index (κ1) is 22.1. The number of hydrogen-bond acceptors (Lipinski definition) is 4. The molecule has 0 heterocycles. The Balaban J connectivity index is 0.00000338. The van der Waals surface area contributed by atoms with Crippen LogP contribution in [0.4, 0.5) is 5.69 Å². The summed E-state index contributed by atoms with van der Waals surface area (Å²) in [5.41, 5.74) is 2.18. The molecule has 7 heteroatoms. The second-order valence-corrected chi connectivity index (χ2v) is 5.72. The third kappa shape index (κ3) is 5.53. The molecule has 0 bridgehead atoms. The summed E-state index contributed by atoms with van der Waals surface area (Å²) in [4.78, 5) is 12.6. The molecule has 0 unspecified atom stereocenters. The maximum absolute atomic E-state index is 12.6. The molecular weight excluding hydrogens is 375 g/mol. The van der Waals surface area contributed by atoms with Crippen LogP contribution >= 0.6 is 24.0 Å². The monoisotopic (exact) mass is 398 g/mol. The molecule has 0 saturated carbocycles. The number of para-hydroxylation sites is 1. The lowest BCUT2D eigenvalue weighted by atomic mass is 10.1. The number of ether oxygens (including phenoxy) is 2. The Hall–Kier alpha value is -1.95. The van der Waals surface area contributed by atoms with Crippen molar-refractivity contribution >= 4 is 35.6 Å². The van der Waals surface area contributed by atoms with Crippen LogP contribution in [0.25, 0.3) is 0 Å². The Kier molecular flexibility index (Phi) is 9.27. The lowest BCUT2D eigenvalue weighted by Crippen LogP contribution is -2.17. The van der Waals surface area contributed by atoms with Crippen molar-refractivity contribution in [2.75, 3.05) is 25.6 Å². The summed E-state index contributed by atoms with van der Waals surface area (Å²) in [6, 6.07) is 10.9. The molecule has 0 aliphatic heterocycles. The highest BCUT2D eigenvalue weighted by Gasteiger charge is 2.16. The molecule has 0 saturated heterocycles. The molecule has 0 radical (unpaired) electrons. The molecule has 5 nitrogen and oxygen atoms in total. The van der Waals surface area contributed by atoms with Gasteiger partial charge in [0.15, 0.2) is 11.5 Å². The maximum Gasteiger partial charge on any atom is 0.255 e. The summed E-state index contributed by atoms with van der Waals surface area (Å²) in [6.45, 7) is 5.89. The Morgan fingerprint density at radius 2 is 1.92 bits per heavy atom. The number of amides is 1. The lowest BCUT2D eigenvalue weighted by Gasteiger charge is -2.14. The molecule has 0 atom stereocenters. The van der Waals surface area contributed by atoms with Crippen molar-refractivity contribution < 1.29 is 14.3 Å². The van der Waals surface area contributed by atoms with Crippen molar-refractivity contribution in [3.05, 3.63) is 52.5 Å². The van der Waals surface area contributed by atoms with Crippen LogP contribution in [0, 0.1) is 0 Å². The van der Waals surface area contributed by atoms with E-state index in [1.165, 1.54) is 7.11 Å². The van der Waals surface area contributed by atoms with E-state index in [2.05, 4.69) is 10.6 Å². The second kappa shape index (κ2) is 10.9. The molecule has 2 aromatic rings. The number of carbonyl (C=O) groups is 1. The predicted octanol–water partition coefficient (Wildman–Crippen LogP) is 4.53. The van der Waals surface area contributed by atoms with Gasteiger partial charge < -0.3 is 20.1 Å². The Morgan fingerprint density at radius 3 is 2.58 bits per heavy atom. The number of hydrogen-bond donors (Lipinski definition) is 2. The fraction of sp³-hybridized carbons (Fsp3) is 0.316. The van der Waals surface area contributed by atoms with Gasteiger partial charge >= 0.3 is 0 Å². The van der Waals surface area contributed by atoms with Crippen LogP contribution in [0.15, 0.2) is 36.4 Å². The van der Waals surface area contributed by atoms with E-state index in [0.717, 1.165) is 17.8 Å². The van der Waals surface area contributed by atoms with Crippen molar-refractivity contribution in [2.24, 2.45) is 0 Å². The minimum Gasteiger partial charge on any atom is -0.493 e. The first-order chi connectivity index (χ1) is 12.1. The zero-order chi connectivity index (χ0) is 18.2. The van der Waals surface area contributed by atoms with Gasteiger partial charge in [-0.1, -0.05) is 36.7 Å². The molecule has 2 aromatic carbocycles. The molecule has 2 N–H and O–H groups in total. The summed E-state index contributed by atoms with van der Waals surface area (Å²) >= 11 is 6.24. The van der Waals surface area contributed by atoms with Gasteiger partial charge in [0.2, 0.25) is 0 Å². The number of nitrogens with one attached hydrogen (secondary N) is 2. The molecule has 0 fully saturated rings. The van der Waals surface area contributed by atoms with Gasteiger partial charge in [-0.05, 0) is 37.2 Å². The molecular formula is C19H24Cl2N2O3. The van der Waals surface area contributed by atoms with E-state index in [0.29, 0.717) is 35.2 Å². The van der Waals surface area contributed by atoms with Crippen molar-refractivity contribution in [1.29, 1.82) is 0 Å². The minimum atomic E-state index is -0.257. The third-order valence-corrected chi connectivity index (χ3v) is 3.89. The van der Waals surface area contributed by atoms with Crippen LogP contribution in [0.3, 0.4) is 0 Å². The SMILES string of the molecule is CCNCc1ccccc1NC(=O)c1cc(Cl)c(OCC)c(OC)c1.Cl. The van der Waals surface area contributed by atoms with Gasteiger partial charge in [0.25, 0.3) is 5.91 Å². The van der Waals surface area contributed by atoms with Gasteiger partial charge in [-0.2, -0.15) is 0 Å². The smallest absolute Gasteiger partial charge is 0.255 e. The number of benzene rings is 2. The van der Waals surface area contributed by atoms with Crippen molar-refractivity contribution in [2.45, 2.75) is 20.4 Å². The first-order valence-corrected chi connectivity index (χ1v) is 8.58. The van der Waals surface area contributed by atoms with Crippen LogP contribution in [0.2, 0.25) is 5.02 Å². The zero-order valence-corrected chi connectivity index (χ0v) is 16.7. The maximum atomic E-state index is 12.6. The Bertz CT molecular complexity index is 739. The largest absolute Gasteiger partial charge is 0.493 e. The Morgan fingerprint density at radius 1 is 1.19 bits per heavy atom. The van der Waals surface area contributed by atoms with Gasteiger partial charge in [-0.25, -0.2) is 0 Å². The van der Waals surface area contributed by atoms with Crippen LogP contribution < -0.4 is 20.1 Å². The fourth-order valence-corrected chi connectivity index (χ4v) is 2.65. The minimum absolute atomic E-state index is 0. The average Bonchev–Trinajstić information content (AvgIpc) is 2.62. The number of methoxy groups -OCH3 is 1. The van der Waals surface area contributed by atoms with Gasteiger partial charge in [-0.15, -0.1) is 12.4 Å². The average molecular weight is 399 g/mol. The molecule has 26 heavy (non-hydrogen) atoms. The van der Waals surface area contributed by atoms with Gasteiger partial charge in [-0.3, -0.25) is 4.79 Å². The topological polar surface area (TPSA) is 59.6 Å². The number of anilines is 1. The predicted molar refractivity (Wildman–Crippen MR) is 108 cm³/mol. The fourth-order valence-electron chi connectivity index (χ4n) is 2.39. The highest BCUT2D eigenvalue weighted by atomic mass is 35.5. The molecule has 0 aliphatic rings. The van der Waals surface area contributed by atoms with E-state index in [-0.39, 0.29) is 18.3 Å². The Labute approximate surface area is 165 Å². The van der Waals surface area contributed by atoms with Gasteiger partial charge in [0.1, 0.15) is 0 Å². The van der Waals surface area contributed by atoms with Crippen molar-refractivity contribution in [3.63, 3.8) is 0 Å². The highest BCUT2D eigenvalue weighted by molar-refractivity contribution is 6.32. The third-order valence-electron chi connectivity index (χ3n) is 3.61. The normalized spacial score (nSPS) is 10.0. The molecule has 0 spiro atoms. The van der Waals surface area contributed by atoms with E-state index in [1.54, 1.807) is 12.1 Å². The van der Waals surface area contributed by atoms with Crippen LogP contribution in [-0.4, -0.2) is 26.2 Å². The quantitative estimate of drug-likeness (QED) is 0.685. The van der Waals surface area contributed by atoms with E-state index in [4.69, 9.17) is 21.1 Å². The molecule has 0 aromatic heterocycles. The van der Waals surface area contributed by atoms with E-state index in [1.807, 2.05) is 38.1 Å².